The smallest absolute Gasteiger partial charge is 0.220 e. The molecule has 0 spiro atoms. The van der Waals surface area contributed by atoms with Crippen molar-refractivity contribution >= 4 is 5.91 Å². The molecular weight excluding hydrogens is 987 g/mol. The van der Waals surface area contributed by atoms with E-state index in [1.54, 1.807) is 0 Å². The second kappa shape index (κ2) is 73.4. The van der Waals surface area contributed by atoms with Gasteiger partial charge in [0.25, 0.3) is 0 Å². The highest BCUT2D eigenvalue weighted by molar-refractivity contribution is 5.76. The van der Waals surface area contributed by atoms with Crippen molar-refractivity contribution in [1.82, 2.24) is 5.32 Å². The Labute approximate surface area is 511 Å². The van der Waals surface area contributed by atoms with E-state index in [-0.39, 0.29) is 12.5 Å². The molecule has 0 saturated heterocycles. The summed E-state index contributed by atoms with van der Waals surface area (Å²) < 4.78 is 0. The van der Waals surface area contributed by atoms with Crippen LogP contribution in [0.1, 0.15) is 457 Å². The van der Waals surface area contributed by atoms with Crippen LogP contribution in [-0.2, 0) is 4.79 Å². The molecule has 3 N–H and O–H groups in total. The monoisotopic (exact) mass is 1140 g/mol. The average Bonchev–Trinajstić information content (AvgIpc) is 3.47. The van der Waals surface area contributed by atoms with Crippen LogP contribution in [-0.4, -0.2) is 34.9 Å². The van der Waals surface area contributed by atoms with Gasteiger partial charge in [0.2, 0.25) is 5.91 Å². The minimum atomic E-state index is -0.658. The molecule has 0 aliphatic rings. The Morgan fingerprint density at radius 1 is 0.284 bits per heavy atom. The lowest BCUT2D eigenvalue weighted by atomic mass is 10.0. The molecule has 4 heteroatoms. The Bertz CT molecular complexity index is 1160. The van der Waals surface area contributed by atoms with Crippen LogP contribution in [0.3, 0.4) is 0 Å². The molecule has 0 heterocycles. The molecule has 0 rings (SSSR count). The number of hydrogen-bond acceptors (Lipinski definition) is 3. The van der Waals surface area contributed by atoms with E-state index in [2.05, 4.69) is 31.3 Å². The van der Waals surface area contributed by atoms with Crippen LogP contribution in [0.4, 0.5) is 0 Å². The normalized spacial score (nSPS) is 12.6. The fourth-order valence-corrected chi connectivity index (χ4v) is 12.7. The number of nitrogens with one attached hydrogen (secondary N) is 1. The molecule has 0 aliphatic carbocycles. The average molecular weight is 1140 g/mol. The summed E-state index contributed by atoms with van der Waals surface area (Å²) in [5.41, 5.74) is 0. The predicted molar refractivity (Wildman–Crippen MR) is 364 cm³/mol. The first-order chi connectivity index (χ1) is 40.2. The molecule has 0 bridgehead atoms. The molecule has 2 atom stereocenters. The van der Waals surface area contributed by atoms with Crippen LogP contribution >= 0.6 is 0 Å². The summed E-state index contributed by atoms with van der Waals surface area (Å²) >= 11 is 0. The summed E-state index contributed by atoms with van der Waals surface area (Å²) in [4.78, 5) is 12.6. The second-order valence-electron chi connectivity index (χ2n) is 26.8. The third kappa shape index (κ3) is 69.8. The Morgan fingerprint density at radius 3 is 0.679 bits per heavy atom. The van der Waals surface area contributed by atoms with Crippen molar-refractivity contribution in [2.75, 3.05) is 6.61 Å². The summed E-state index contributed by atoms with van der Waals surface area (Å²) in [5, 5.41) is 23.5. The number of hydrogen-bond donors (Lipinski definition) is 3. The van der Waals surface area contributed by atoms with Crippen molar-refractivity contribution in [3.63, 3.8) is 0 Å². The highest BCUT2D eigenvalue weighted by atomic mass is 16.3. The Balaban J connectivity index is 3.34. The molecule has 0 aromatic heterocycles. The van der Waals surface area contributed by atoms with Gasteiger partial charge in [0.1, 0.15) is 0 Å². The number of unbranched alkanes of at least 4 members (excludes halogenated alkanes) is 64. The molecule has 0 aliphatic heterocycles. The lowest BCUT2D eigenvalue weighted by Crippen LogP contribution is -2.45. The first kappa shape index (κ1) is 80.1. The van der Waals surface area contributed by atoms with Crippen LogP contribution < -0.4 is 5.32 Å². The second-order valence-corrected chi connectivity index (χ2v) is 26.8. The van der Waals surface area contributed by atoms with E-state index >= 15 is 0 Å². The third-order valence-corrected chi connectivity index (χ3v) is 18.5. The number of aliphatic hydroxyl groups excluding tert-OH is 2. The summed E-state index contributed by atoms with van der Waals surface area (Å²) in [5.74, 6) is -0.0192. The minimum Gasteiger partial charge on any atom is -0.394 e. The Kier molecular flexibility index (Phi) is 72.6. The lowest BCUT2D eigenvalue weighted by Gasteiger charge is -2.22. The molecule has 0 fully saturated rings. The summed E-state index contributed by atoms with van der Waals surface area (Å²) in [7, 11) is 0. The van der Waals surface area contributed by atoms with Crippen molar-refractivity contribution in [2.24, 2.45) is 0 Å². The van der Waals surface area contributed by atoms with Gasteiger partial charge in [-0.1, -0.05) is 424 Å². The van der Waals surface area contributed by atoms with Crippen LogP contribution in [0.5, 0.6) is 0 Å². The molecule has 0 aromatic carbocycles. The van der Waals surface area contributed by atoms with Crippen LogP contribution in [0.2, 0.25) is 0 Å². The van der Waals surface area contributed by atoms with Gasteiger partial charge < -0.3 is 15.5 Å². The van der Waals surface area contributed by atoms with Crippen molar-refractivity contribution in [1.29, 1.82) is 0 Å². The van der Waals surface area contributed by atoms with E-state index in [0.717, 1.165) is 25.7 Å². The number of aliphatic hydroxyl groups is 2. The number of carbonyl (C=O) groups excluding carboxylic acids is 1. The van der Waals surface area contributed by atoms with Gasteiger partial charge in [-0.05, 0) is 38.5 Å². The van der Waals surface area contributed by atoms with Crippen LogP contribution in [0.15, 0.2) is 12.2 Å². The van der Waals surface area contributed by atoms with E-state index in [1.807, 2.05) is 0 Å². The molecule has 0 radical (unpaired) electrons. The fourth-order valence-electron chi connectivity index (χ4n) is 12.7. The summed E-state index contributed by atoms with van der Waals surface area (Å²) in [6.45, 7) is 4.42. The summed E-state index contributed by atoms with van der Waals surface area (Å²) in [6.07, 6.45) is 98.9. The molecule has 2 unspecified atom stereocenters. The van der Waals surface area contributed by atoms with Gasteiger partial charge in [0.15, 0.2) is 0 Å². The van der Waals surface area contributed by atoms with Crippen molar-refractivity contribution in [3.8, 4) is 0 Å². The minimum absolute atomic E-state index is 0.0192. The molecule has 0 saturated carbocycles. The highest BCUT2D eigenvalue weighted by Crippen LogP contribution is 2.20. The van der Waals surface area contributed by atoms with Gasteiger partial charge >= 0.3 is 0 Å². The molecule has 81 heavy (non-hydrogen) atoms. The maximum atomic E-state index is 12.6. The maximum Gasteiger partial charge on any atom is 0.220 e. The van der Waals surface area contributed by atoms with Gasteiger partial charge in [0, 0.05) is 6.42 Å². The van der Waals surface area contributed by atoms with Crippen molar-refractivity contribution < 1.29 is 15.0 Å². The zero-order chi connectivity index (χ0) is 58.4. The largest absolute Gasteiger partial charge is 0.394 e. The standard InChI is InChI=1S/C77H153NO3/c1-3-5-7-9-11-13-15-17-19-21-23-25-27-29-31-33-34-35-36-37-38-39-40-41-42-43-44-45-47-49-51-53-55-57-59-61-63-65-67-69-71-73-77(81)78-75(74-79)76(80)72-70-68-66-64-62-60-58-56-54-52-50-48-46-32-30-28-26-24-22-20-18-16-14-12-10-8-6-4-2/h21,23,75-76,79-80H,3-20,22,24-74H2,1-2H3,(H,78,81)/b23-21-. The van der Waals surface area contributed by atoms with Gasteiger partial charge in [-0.15, -0.1) is 0 Å². The van der Waals surface area contributed by atoms with E-state index in [9.17, 15) is 15.0 Å². The predicted octanol–water partition coefficient (Wildman–Crippen LogP) is 26.3. The summed E-state index contributed by atoms with van der Waals surface area (Å²) in [6, 6.07) is -0.534. The molecular formula is C77H153NO3. The maximum absolute atomic E-state index is 12.6. The third-order valence-electron chi connectivity index (χ3n) is 18.5. The Hall–Kier alpha value is -0.870. The van der Waals surface area contributed by atoms with Crippen LogP contribution in [0, 0.1) is 0 Å². The van der Waals surface area contributed by atoms with Gasteiger partial charge in [0.05, 0.1) is 18.8 Å². The molecule has 1 amide bonds. The number of amides is 1. The SMILES string of the molecule is CCCCCCCCCC/C=C\CCCCCCCCCCCCCCCCCCCCCCCCCCCCCCCC(=O)NC(CO)C(O)CCCCCCCCCCCCCCCCCCCCCCCCCCCCCC. The zero-order valence-electron chi connectivity index (χ0n) is 56.1. The number of allylic oxidation sites excluding steroid dienone is 2. The number of rotatable bonds is 73. The highest BCUT2D eigenvalue weighted by Gasteiger charge is 2.20. The number of carbonyl (C=O) groups is 1. The molecule has 4 nitrogen and oxygen atoms in total. The fraction of sp³-hybridized carbons (Fsp3) is 0.961. The van der Waals surface area contributed by atoms with Crippen molar-refractivity contribution in [2.45, 2.75) is 469 Å². The topological polar surface area (TPSA) is 69.6 Å². The van der Waals surface area contributed by atoms with Crippen LogP contribution in [0.25, 0.3) is 0 Å². The van der Waals surface area contributed by atoms with Gasteiger partial charge in [-0.3, -0.25) is 4.79 Å². The van der Waals surface area contributed by atoms with Gasteiger partial charge in [-0.25, -0.2) is 0 Å². The lowest BCUT2D eigenvalue weighted by molar-refractivity contribution is -0.123. The quantitative estimate of drug-likeness (QED) is 0.0420. The zero-order valence-corrected chi connectivity index (χ0v) is 56.1. The van der Waals surface area contributed by atoms with Gasteiger partial charge in [-0.2, -0.15) is 0 Å². The van der Waals surface area contributed by atoms with E-state index in [0.29, 0.717) is 12.8 Å². The van der Waals surface area contributed by atoms with Crippen molar-refractivity contribution in [3.05, 3.63) is 12.2 Å². The Morgan fingerprint density at radius 2 is 0.469 bits per heavy atom. The molecule has 0 aromatic rings. The first-order valence-electron chi connectivity index (χ1n) is 38.4. The van der Waals surface area contributed by atoms with E-state index in [4.69, 9.17) is 0 Å². The van der Waals surface area contributed by atoms with E-state index < -0.39 is 12.1 Å². The molecule has 484 valence electrons. The first-order valence-corrected chi connectivity index (χ1v) is 38.4. The van der Waals surface area contributed by atoms with E-state index in [1.165, 1.54) is 405 Å².